The fourth-order valence-corrected chi connectivity index (χ4v) is 6.36. The molecule has 1 heterocycles. The predicted molar refractivity (Wildman–Crippen MR) is 105 cm³/mol. The molecule has 4 bridgehead atoms. The molecule has 4 saturated carbocycles. The molecular weight excluding hydrogens is 340 g/mol. The minimum atomic E-state index is -0.454. The van der Waals surface area contributed by atoms with Crippen molar-refractivity contribution in [1.82, 2.24) is 20.7 Å². The minimum Gasteiger partial charge on any atom is -0.344 e. The normalized spacial score (nSPS) is 37.4. The van der Waals surface area contributed by atoms with Gasteiger partial charge in [-0.3, -0.25) is 15.0 Å². The zero-order valence-corrected chi connectivity index (χ0v) is 17.2. The van der Waals surface area contributed by atoms with Crippen molar-refractivity contribution in [3.05, 3.63) is 0 Å². The molecule has 2 amide bonds. The standard InChI is InChI=1S/C21H36N4O2/c1-14(2)18(19(26)23-25-6-4-24(3)5-7-25)22-20(27)21-11-15-8-16(12-21)10-17(9-15)13-21/h14-18H,4-13H2,1-3H3,(H,22,27)(H,23,26)/t15?,16?,17?,18-,21?/m1/s1. The van der Waals surface area contributed by atoms with Gasteiger partial charge >= 0.3 is 0 Å². The van der Waals surface area contributed by atoms with Crippen LogP contribution in [0.2, 0.25) is 0 Å². The van der Waals surface area contributed by atoms with Crippen molar-refractivity contribution in [2.24, 2.45) is 29.1 Å². The average molecular weight is 377 g/mol. The van der Waals surface area contributed by atoms with Gasteiger partial charge in [-0.05, 0) is 69.2 Å². The van der Waals surface area contributed by atoms with Crippen molar-refractivity contribution < 1.29 is 9.59 Å². The molecule has 6 heteroatoms. The molecule has 0 spiro atoms. The summed E-state index contributed by atoms with van der Waals surface area (Å²) >= 11 is 0. The first-order chi connectivity index (χ1) is 12.8. The lowest BCUT2D eigenvalue weighted by Gasteiger charge is -2.55. The lowest BCUT2D eigenvalue weighted by molar-refractivity contribution is -0.149. The Morgan fingerprint density at radius 3 is 1.93 bits per heavy atom. The Labute approximate surface area is 163 Å². The molecule has 5 fully saturated rings. The fourth-order valence-electron chi connectivity index (χ4n) is 6.36. The molecule has 0 aromatic rings. The molecule has 4 aliphatic carbocycles. The van der Waals surface area contributed by atoms with Crippen molar-refractivity contribution in [3.8, 4) is 0 Å². The van der Waals surface area contributed by atoms with E-state index in [0.29, 0.717) is 0 Å². The quantitative estimate of drug-likeness (QED) is 0.765. The molecule has 27 heavy (non-hydrogen) atoms. The van der Waals surface area contributed by atoms with E-state index in [9.17, 15) is 9.59 Å². The summed E-state index contributed by atoms with van der Waals surface area (Å²) in [5.74, 6) is 2.37. The highest BCUT2D eigenvalue weighted by molar-refractivity contribution is 5.90. The molecule has 0 radical (unpaired) electrons. The lowest BCUT2D eigenvalue weighted by atomic mass is 9.49. The van der Waals surface area contributed by atoms with E-state index >= 15 is 0 Å². The molecule has 0 aromatic carbocycles. The third kappa shape index (κ3) is 3.88. The summed E-state index contributed by atoms with van der Waals surface area (Å²) in [4.78, 5) is 28.5. The molecule has 0 aromatic heterocycles. The highest BCUT2D eigenvalue weighted by Crippen LogP contribution is 2.60. The maximum absolute atomic E-state index is 13.3. The second-order valence-corrected chi connectivity index (χ2v) is 10.2. The Kier molecular flexibility index (Phi) is 5.23. The molecule has 2 N–H and O–H groups in total. The van der Waals surface area contributed by atoms with Crippen LogP contribution in [-0.2, 0) is 9.59 Å². The van der Waals surface area contributed by atoms with E-state index < -0.39 is 6.04 Å². The van der Waals surface area contributed by atoms with E-state index in [4.69, 9.17) is 0 Å². The number of hydrazine groups is 1. The molecule has 5 aliphatic rings. The van der Waals surface area contributed by atoms with Gasteiger partial charge in [0.2, 0.25) is 5.91 Å². The maximum Gasteiger partial charge on any atom is 0.257 e. The fraction of sp³-hybridized carbons (Fsp3) is 0.905. The first-order valence-corrected chi connectivity index (χ1v) is 10.9. The van der Waals surface area contributed by atoms with Gasteiger partial charge in [0.05, 0.1) is 0 Å². The largest absolute Gasteiger partial charge is 0.344 e. The van der Waals surface area contributed by atoms with Gasteiger partial charge in [0.1, 0.15) is 6.04 Å². The Morgan fingerprint density at radius 2 is 1.44 bits per heavy atom. The zero-order valence-electron chi connectivity index (χ0n) is 17.2. The number of hydrogen-bond donors (Lipinski definition) is 2. The molecule has 1 atom stereocenters. The highest BCUT2D eigenvalue weighted by Gasteiger charge is 2.55. The number of amides is 2. The van der Waals surface area contributed by atoms with E-state index in [1.807, 2.05) is 18.9 Å². The third-order valence-electron chi connectivity index (χ3n) is 7.53. The summed E-state index contributed by atoms with van der Waals surface area (Å²) in [7, 11) is 2.10. The van der Waals surface area contributed by atoms with Crippen LogP contribution in [0.25, 0.3) is 0 Å². The van der Waals surface area contributed by atoms with E-state index in [1.165, 1.54) is 19.3 Å². The molecule has 1 saturated heterocycles. The topological polar surface area (TPSA) is 64.7 Å². The van der Waals surface area contributed by atoms with Gasteiger partial charge in [-0.25, -0.2) is 5.01 Å². The van der Waals surface area contributed by atoms with E-state index in [1.54, 1.807) is 0 Å². The van der Waals surface area contributed by atoms with Crippen LogP contribution < -0.4 is 10.7 Å². The summed E-state index contributed by atoms with van der Waals surface area (Å²) in [6, 6.07) is -0.454. The van der Waals surface area contributed by atoms with Crippen LogP contribution >= 0.6 is 0 Å². The number of nitrogens with zero attached hydrogens (tertiary/aromatic N) is 2. The molecule has 152 valence electrons. The van der Waals surface area contributed by atoms with Gasteiger partial charge in [-0.1, -0.05) is 13.8 Å². The molecule has 0 unspecified atom stereocenters. The van der Waals surface area contributed by atoms with Gasteiger partial charge < -0.3 is 10.2 Å². The molecular formula is C21H36N4O2. The van der Waals surface area contributed by atoms with Crippen molar-refractivity contribution in [1.29, 1.82) is 0 Å². The van der Waals surface area contributed by atoms with Crippen molar-refractivity contribution >= 4 is 11.8 Å². The van der Waals surface area contributed by atoms with E-state index in [2.05, 4.69) is 22.7 Å². The summed E-state index contributed by atoms with van der Waals surface area (Å²) in [6.07, 6.45) is 7.08. The van der Waals surface area contributed by atoms with Crippen LogP contribution in [-0.4, -0.2) is 61.0 Å². The van der Waals surface area contributed by atoms with Crippen LogP contribution in [0.4, 0.5) is 0 Å². The highest BCUT2D eigenvalue weighted by atomic mass is 16.2. The van der Waals surface area contributed by atoms with Crippen LogP contribution in [0.5, 0.6) is 0 Å². The van der Waals surface area contributed by atoms with Crippen LogP contribution in [0.15, 0.2) is 0 Å². The smallest absolute Gasteiger partial charge is 0.257 e. The van der Waals surface area contributed by atoms with Crippen molar-refractivity contribution in [2.75, 3.05) is 33.2 Å². The molecule has 6 nitrogen and oxygen atoms in total. The van der Waals surface area contributed by atoms with Gasteiger partial charge in [-0.2, -0.15) is 0 Å². The second-order valence-electron chi connectivity index (χ2n) is 10.2. The van der Waals surface area contributed by atoms with Gasteiger partial charge in [0.25, 0.3) is 5.91 Å². The number of nitrogens with one attached hydrogen (secondary N) is 2. The van der Waals surface area contributed by atoms with Crippen molar-refractivity contribution in [2.45, 2.75) is 58.4 Å². The predicted octanol–water partition coefficient (Wildman–Crippen LogP) is 1.62. The summed E-state index contributed by atoms with van der Waals surface area (Å²) in [6.45, 7) is 7.60. The van der Waals surface area contributed by atoms with Gasteiger partial charge in [-0.15, -0.1) is 0 Å². The summed E-state index contributed by atoms with van der Waals surface area (Å²) < 4.78 is 0. The molecule has 5 rings (SSSR count). The number of carbonyl (C=O) groups is 2. The van der Waals surface area contributed by atoms with Crippen LogP contribution in [0.1, 0.15) is 52.4 Å². The Bertz CT molecular complexity index is 547. The van der Waals surface area contributed by atoms with E-state index in [0.717, 1.165) is 63.2 Å². The zero-order chi connectivity index (χ0) is 19.2. The number of hydrogen-bond acceptors (Lipinski definition) is 4. The Hall–Kier alpha value is -1.14. The Balaban J connectivity index is 1.39. The summed E-state index contributed by atoms with van der Waals surface area (Å²) in [5.41, 5.74) is 2.85. The number of carbonyl (C=O) groups excluding carboxylic acids is 2. The monoisotopic (exact) mass is 376 g/mol. The number of likely N-dealkylation sites (N-methyl/N-ethyl adjacent to an activating group) is 1. The average Bonchev–Trinajstić information content (AvgIpc) is 2.59. The van der Waals surface area contributed by atoms with Gasteiger partial charge in [0.15, 0.2) is 0 Å². The van der Waals surface area contributed by atoms with Crippen molar-refractivity contribution in [3.63, 3.8) is 0 Å². The third-order valence-corrected chi connectivity index (χ3v) is 7.53. The Morgan fingerprint density at radius 1 is 0.926 bits per heavy atom. The first kappa shape index (κ1) is 19.2. The minimum absolute atomic E-state index is 0.0624. The van der Waals surface area contributed by atoms with Crippen LogP contribution in [0.3, 0.4) is 0 Å². The maximum atomic E-state index is 13.3. The van der Waals surface area contributed by atoms with Crippen LogP contribution in [0, 0.1) is 29.1 Å². The number of piperazine rings is 1. The SMILES string of the molecule is CC(C)[C@@H](NC(=O)C12CC3CC(CC(C3)C1)C2)C(=O)NN1CCN(C)CC1. The van der Waals surface area contributed by atoms with Gasteiger partial charge in [0, 0.05) is 31.6 Å². The first-order valence-electron chi connectivity index (χ1n) is 10.9. The lowest BCUT2D eigenvalue weighted by Crippen LogP contribution is -2.61. The molecule has 1 aliphatic heterocycles. The van der Waals surface area contributed by atoms with E-state index in [-0.39, 0.29) is 23.1 Å². The second kappa shape index (κ2) is 7.36. The summed E-state index contributed by atoms with van der Waals surface area (Å²) in [5, 5.41) is 5.18. The number of rotatable bonds is 5.